The second-order valence-corrected chi connectivity index (χ2v) is 6.11. The molecule has 0 aliphatic rings. The number of esters is 1. The van der Waals surface area contributed by atoms with E-state index in [4.69, 9.17) is 84.3 Å². The number of aliphatic carboxylic acids is 7. The zero-order chi connectivity index (χ0) is 34.4. The van der Waals surface area contributed by atoms with Crippen molar-refractivity contribution in [2.24, 2.45) is 5.92 Å². The van der Waals surface area contributed by atoms with Crippen molar-refractivity contribution in [3.05, 3.63) is 0 Å². The predicted octanol–water partition coefficient (Wildman–Crippen LogP) is 0.567. The van der Waals surface area contributed by atoms with Crippen LogP contribution in [0.4, 0.5) is 0 Å². The molecule has 18 nitrogen and oxygen atoms in total. The van der Waals surface area contributed by atoms with Crippen molar-refractivity contribution >= 4 is 47.8 Å². The summed E-state index contributed by atoms with van der Waals surface area (Å²) in [7, 11) is 0. The van der Waals surface area contributed by atoms with Crippen LogP contribution in [0.15, 0.2) is 0 Å². The molecule has 40 heavy (non-hydrogen) atoms. The minimum atomic E-state index is -0.833. The van der Waals surface area contributed by atoms with Gasteiger partial charge in [-0.15, -0.1) is 0 Å². The maximum absolute atomic E-state index is 11.1. The van der Waals surface area contributed by atoms with Gasteiger partial charge in [-0.05, 0) is 19.8 Å². The molecular formula is C22H44O18. The molecule has 0 aliphatic heterocycles. The Labute approximate surface area is 231 Å². The molecule has 18 heteroatoms. The van der Waals surface area contributed by atoms with E-state index < -0.39 is 41.8 Å². The third kappa shape index (κ3) is 477. The number of ether oxygens (including phenoxy) is 1. The number of hydrogen-bond acceptors (Lipinski definition) is 11. The number of aliphatic hydroxyl groups excluding tert-OH is 2. The van der Waals surface area contributed by atoms with Crippen LogP contribution in [0.25, 0.3) is 0 Å². The number of carboxylic acid groups (broad SMARTS) is 7. The van der Waals surface area contributed by atoms with Crippen LogP contribution in [-0.4, -0.2) is 114 Å². The van der Waals surface area contributed by atoms with Crippen LogP contribution in [0.3, 0.4) is 0 Å². The quantitative estimate of drug-likeness (QED) is 0.189. The van der Waals surface area contributed by atoms with Gasteiger partial charge < -0.3 is 50.7 Å². The number of carboxylic acids is 7. The molecule has 0 atom stereocenters. The predicted molar refractivity (Wildman–Crippen MR) is 137 cm³/mol. The van der Waals surface area contributed by atoms with Gasteiger partial charge in [0.15, 0.2) is 0 Å². The van der Waals surface area contributed by atoms with Gasteiger partial charge in [-0.25, -0.2) is 0 Å². The molecule has 0 aliphatic carbocycles. The zero-order valence-corrected chi connectivity index (χ0v) is 23.8. The van der Waals surface area contributed by atoms with Gasteiger partial charge in [0.05, 0.1) is 12.5 Å². The van der Waals surface area contributed by atoms with E-state index in [0.717, 1.165) is 48.5 Å². The van der Waals surface area contributed by atoms with Crippen LogP contribution in [0.5, 0.6) is 0 Å². The Morgan fingerprint density at radius 2 is 0.625 bits per heavy atom. The average molecular weight is 597 g/mol. The van der Waals surface area contributed by atoms with Crippen LogP contribution in [0.1, 0.15) is 68.2 Å². The number of carbonyl (C=O) groups excluding carboxylic acids is 1. The van der Waals surface area contributed by atoms with Gasteiger partial charge in [0.25, 0.3) is 41.8 Å². The summed E-state index contributed by atoms with van der Waals surface area (Å²) in [6, 6.07) is 0. The molecule has 0 fully saturated rings. The Balaban J connectivity index is -0.0000000521. The topological polar surface area (TPSA) is 328 Å². The summed E-state index contributed by atoms with van der Waals surface area (Å²) in [5, 5.41) is 69.1. The highest BCUT2D eigenvalue weighted by atomic mass is 16.5. The molecular weight excluding hydrogens is 552 g/mol. The Morgan fingerprint density at radius 1 is 0.475 bits per heavy atom. The minimum Gasteiger partial charge on any atom is -0.481 e. The minimum absolute atomic E-state index is 0.0521. The fourth-order valence-electron chi connectivity index (χ4n) is 0.952. The summed E-state index contributed by atoms with van der Waals surface area (Å²) in [5.74, 6) is -6.53. The highest BCUT2D eigenvalue weighted by Gasteiger charge is 2.17. The molecule has 0 unspecified atom stereocenters. The van der Waals surface area contributed by atoms with Gasteiger partial charge in [0.2, 0.25) is 0 Å². The lowest BCUT2D eigenvalue weighted by Gasteiger charge is -2.12. The van der Waals surface area contributed by atoms with Crippen molar-refractivity contribution in [1.29, 1.82) is 0 Å². The van der Waals surface area contributed by atoms with Gasteiger partial charge >= 0.3 is 5.97 Å². The summed E-state index contributed by atoms with van der Waals surface area (Å²) >= 11 is 0. The fourth-order valence-corrected chi connectivity index (χ4v) is 0.952. The molecule has 9 N–H and O–H groups in total. The standard InChI is InChI=1S/C8H16O4.7C2H4O2/c1-2-12-8(11)7(3-5-9)4-6-10;7*1-2(3)4/h7,9-10H,2-6H2,1H3;7*1H3,(H,3,4). The molecule has 0 bridgehead atoms. The second kappa shape index (κ2) is 47.8. The van der Waals surface area contributed by atoms with Gasteiger partial charge in [0.1, 0.15) is 0 Å². The van der Waals surface area contributed by atoms with Gasteiger partial charge in [-0.3, -0.25) is 38.4 Å². The van der Waals surface area contributed by atoms with E-state index in [1.54, 1.807) is 6.92 Å². The first kappa shape index (κ1) is 56.0. The Morgan fingerprint density at radius 3 is 0.725 bits per heavy atom. The highest BCUT2D eigenvalue weighted by Crippen LogP contribution is 2.09. The zero-order valence-electron chi connectivity index (χ0n) is 23.8. The van der Waals surface area contributed by atoms with Crippen molar-refractivity contribution in [2.45, 2.75) is 68.2 Å². The Kier molecular flexibility index (Phi) is 67.0. The van der Waals surface area contributed by atoms with Gasteiger partial charge in [-0.2, -0.15) is 0 Å². The van der Waals surface area contributed by atoms with Gasteiger partial charge in [0, 0.05) is 61.7 Å². The van der Waals surface area contributed by atoms with Crippen LogP contribution >= 0.6 is 0 Å². The summed E-state index contributed by atoms with van der Waals surface area (Å²) in [6.07, 6.45) is 0.721. The summed E-state index contributed by atoms with van der Waals surface area (Å²) in [4.78, 5) is 74.1. The van der Waals surface area contributed by atoms with Crippen molar-refractivity contribution in [3.63, 3.8) is 0 Å². The molecule has 0 rings (SSSR count). The Bertz CT molecular complexity index is 521. The molecule has 0 saturated carbocycles. The molecule has 0 saturated heterocycles. The largest absolute Gasteiger partial charge is 0.481 e. The van der Waals surface area contributed by atoms with E-state index >= 15 is 0 Å². The van der Waals surface area contributed by atoms with Crippen molar-refractivity contribution in [3.8, 4) is 0 Å². The summed E-state index contributed by atoms with van der Waals surface area (Å²) in [6.45, 7) is 9.55. The first-order valence-corrected chi connectivity index (χ1v) is 10.6. The lowest BCUT2D eigenvalue weighted by atomic mass is 10.0. The van der Waals surface area contributed by atoms with Crippen LogP contribution in [0.2, 0.25) is 0 Å². The lowest BCUT2D eigenvalue weighted by Crippen LogP contribution is -2.20. The van der Waals surface area contributed by atoms with E-state index in [9.17, 15) is 4.79 Å². The fraction of sp³-hybridized carbons (Fsp3) is 0.636. The highest BCUT2D eigenvalue weighted by molar-refractivity contribution is 5.72. The molecule has 0 aromatic carbocycles. The smallest absolute Gasteiger partial charge is 0.309 e. The number of hydrogen-bond donors (Lipinski definition) is 9. The molecule has 0 spiro atoms. The van der Waals surface area contributed by atoms with E-state index in [1.165, 1.54) is 0 Å². The number of aliphatic hydroxyl groups is 2. The Hall–Kier alpha value is -4.32. The SMILES string of the molecule is CC(=O)O.CC(=O)O.CC(=O)O.CC(=O)O.CC(=O)O.CC(=O)O.CC(=O)O.CCOC(=O)C(CCO)CCO. The van der Waals surface area contributed by atoms with E-state index in [1.807, 2.05) is 0 Å². The van der Waals surface area contributed by atoms with Crippen LogP contribution in [-0.2, 0) is 43.1 Å². The average Bonchev–Trinajstić information content (AvgIpc) is 2.65. The van der Waals surface area contributed by atoms with Crippen LogP contribution in [0, 0.1) is 5.92 Å². The van der Waals surface area contributed by atoms with Crippen molar-refractivity contribution in [2.75, 3.05) is 19.8 Å². The number of rotatable bonds is 6. The third-order valence-corrected chi connectivity index (χ3v) is 1.58. The molecule has 0 heterocycles. The maximum atomic E-state index is 11.1. The molecule has 0 aromatic heterocycles. The van der Waals surface area contributed by atoms with Crippen LogP contribution < -0.4 is 0 Å². The monoisotopic (exact) mass is 596 g/mol. The lowest BCUT2D eigenvalue weighted by molar-refractivity contribution is -0.149. The van der Waals surface area contributed by atoms with Crippen molar-refractivity contribution < 1.29 is 89.1 Å². The number of carbonyl (C=O) groups is 8. The maximum Gasteiger partial charge on any atom is 0.309 e. The third-order valence-electron chi connectivity index (χ3n) is 1.58. The van der Waals surface area contributed by atoms with E-state index in [0.29, 0.717) is 19.4 Å². The van der Waals surface area contributed by atoms with Crippen molar-refractivity contribution in [1.82, 2.24) is 0 Å². The molecule has 0 aromatic rings. The van der Waals surface area contributed by atoms with E-state index in [-0.39, 0.29) is 25.1 Å². The molecule has 240 valence electrons. The first-order chi connectivity index (χ1) is 17.9. The van der Waals surface area contributed by atoms with E-state index in [2.05, 4.69) is 0 Å². The first-order valence-electron chi connectivity index (χ1n) is 10.6. The van der Waals surface area contributed by atoms with Gasteiger partial charge in [-0.1, -0.05) is 0 Å². The molecule has 0 amide bonds. The second-order valence-electron chi connectivity index (χ2n) is 6.11. The summed E-state index contributed by atoms with van der Waals surface area (Å²) in [5.41, 5.74) is 0. The summed E-state index contributed by atoms with van der Waals surface area (Å²) < 4.78 is 4.75. The molecule has 0 radical (unpaired) electrons. The normalized spacial score (nSPS) is 7.47.